The van der Waals surface area contributed by atoms with Gasteiger partial charge in [-0.3, -0.25) is 0 Å². The minimum absolute atomic E-state index is 0.624. The number of hydrogen-bond donors (Lipinski definition) is 0. The Kier molecular flexibility index (Phi) is 4.11. The lowest BCUT2D eigenvalue weighted by molar-refractivity contribution is 0.234. The fourth-order valence-corrected chi connectivity index (χ4v) is 1.80. The van der Waals surface area contributed by atoms with Crippen LogP contribution in [0.25, 0.3) is 5.57 Å². The molecule has 0 aliphatic heterocycles. The zero-order valence-corrected chi connectivity index (χ0v) is 9.97. The highest BCUT2D eigenvalue weighted by atomic mass is 16.5. The number of ether oxygens (including phenoxy) is 1. The second-order valence-electron chi connectivity index (χ2n) is 3.81. The van der Waals surface area contributed by atoms with Crippen molar-refractivity contribution in [1.29, 1.82) is 0 Å². The van der Waals surface area contributed by atoms with Crippen molar-refractivity contribution in [2.45, 2.75) is 0 Å². The molecule has 0 fully saturated rings. The zero-order chi connectivity index (χ0) is 11.9. The van der Waals surface area contributed by atoms with Crippen molar-refractivity contribution in [3.05, 3.63) is 77.9 Å². The predicted molar refractivity (Wildman–Crippen MR) is 71.8 cm³/mol. The first kappa shape index (κ1) is 11.6. The molecule has 1 heteroatoms. The van der Waals surface area contributed by atoms with Crippen molar-refractivity contribution in [2.75, 3.05) is 13.7 Å². The van der Waals surface area contributed by atoms with Gasteiger partial charge in [0.25, 0.3) is 0 Å². The summed E-state index contributed by atoms with van der Waals surface area (Å²) in [6.45, 7) is 0.624. The van der Waals surface area contributed by atoms with Crippen LogP contribution in [-0.4, -0.2) is 13.7 Å². The highest BCUT2D eigenvalue weighted by molar-refractivity contribution is 5.79. The maximum Gasteiger partial charge on any atom is 0.0652 e. The third-order valence-corrected chi connectivity index (χ3v) is 2.62. The van der Waals surface area contributed by atoms with E-state index in [0.717, 1.165) is 0 Å². The summed E-state index contributed by atoms with van der Waals surface area (Å²) in [6.07, 6.45) is 2.12. The van der Waals surface area contributed by atoms with Gasteiger partial charge in [-0.05, 0) is 16.7 Å². The normalized spacial score (nSPS) is 9.94. The van der Waals surface area contributed by atoms with E-state index in [-0.39, 0.29) is 0 Å². The molecule has 0 atom stereocenters. The third kappa shape index (κ3) is 3.05. The Morgan fingerprint density at radius 2 is 1.35 bits per heavy atom. The summed E-state index contributed by atoms with van der Waals surface area (Å²) < 4.78 is 5.14. The first-order valence-electron chi connectivity index (χ1n) is 5.72. The van der Waals surface area contributed by atoms with E-state index in [9.17, 15) is 0 Å². The molecule has 2 aromatic carbocycles. The van der Waals surface area contributed by atoms with E-state index >= 15 is 0 Å². The van der Waals surface area contributed by atoms with Gasteiger partial charge in [0.15, 0.2) is 0 Å². The molecule has 0 radical (unpaired) electrons. The first-order chi connectivity index (χ1) is 8.42. The average Bonchev–Trinajstić information content (AvgIpc) is 2.42. The smallest absolute Gasteiger partial charge is 0.0652 e. The monoisotopic (exact) mass is 224 g/mol. The molecule has 2 rings (SSSR count). The van der Waals surface area contributed by atoms with Crippen LogP contribution in [0.4, 0.5) is 0 Å². The SMILES string of the molecule is COCC=C(c1ccccc1)c1ccccc1. The summed E-state index contributed by atoms with van der Waals surface area (Å²) in [5.74, 6) is 0. The Morgan fingerprint density at radius 1 is 0.882 bits per heavy atom. The fourth-order valence-electron chi connectivity index (χ4n) is 1.80. The highest BCUT2D eigenvalue weighted by Crippen LogP contribution is 2.22. The maximum absolute atomic E-state index is 5.14. The molecule has 2 aromatic rings. The largest absolute Gasteiger partial charge is 0.381 e. The number of hydrogen-bond acceptors (Lipinski definition) is 1. The van der Waals surface area contributed by atoms with Crippen LogP contribution in [0.5, 0.6) is 0 Å². The first-order valence-corrected chi connectivity index (χ1v) is 5.72. The Balaban J connectivity index is 2.40. The molecule has 0 aliphatic rings. The van der Waals surface area contributed by atoms with Crippen LogP contribution >= 0.6 is 0 Å². The second-order valence-corrected chi connectivity index (χ2v) is 3.81. The summed E-state index contributed by atoms with van der Waals surface area (Å²) in [4.78, 5) is 0. The quantitative estimate of drug-likeness (QED) is 0.768. The predicted octanol–water partition coefficient (Wildman–Crippen LogP) is 3.76. The zero-order valence-electron chi connectivity index (χ0n) is 9.97. The minimum atomic E-state index is 0.624. The number of rotatable bonds is 4. The van der Waals surface area contributed by atoms with Crippen LogP contribution in [-0.2, 0) is 4.74 Å². The lowest BCUT2D eigenvalue weighted by Crippen LogP contribution is -1.91. The van der Waals surface area contributed by atoms with Crippen LogP contribution < -0.4 is 0 Å². The van der Waals surface area contributed by atoms with Crippen LogP contribution in [0.15, 0.2) is 66.7 Å². The molecule has 1 nitrogen and oxygen atoms in total. The van der Waals surface area contributed by atoms with E-state index in [1.807, 2.05) is 12.1 Å². The molecule has 0 aliphatic carbocycles. The molecule has 0 amide bonds. The molecule has 0 aromatic heterocycles. The minimum Gasteiger partial charge on any atom is -0.381 e. The van der Waals surface area contributed by atoms with Crippen molar-refractivity contribution in [2.24, 2.45) is 0 Å². The maximum atomic E-state index is 5.14. The van der Waals surface area contributed by atoms with Gasteiger partial charge in [0.2, 0.25) is 0 Å². The van der Waals surface area contributed by atoms with Gasteiger partial charge in [-0.15, -0.1) is 0 Å². The van der Waals surface area contributed by atoms with E-state index in [1.165, 1.54) is 16.7 Å². The van der Waals surface area contributed by atoms with Crippen LogP contribution in [0.2, 0.25) is 0 Å². The summed E-state index contributed by atoms with van der Waals surface area (Å²) in [5.41, 5.74) is 3.65. The second kappa shape index (κ2) is 6.02. The van der Waals surface area contributed by atoms with Crippen molar-refractivity contribution < 1.29 is 4.74 Å². The van der Waals surface area contributed by atoms with Gasteiger partial charge >= 0.3 is 0 Å². The number of benzene rings is 2. The highest BCUT2D eigenvalue weighted by Gasteiger charge is 2.02. The van der Waals surface area contributed by atoms with E-state index in [4.69, 9.17) is 4.74 Å². The van der Waals surface area contributed by atoms with Crippen LogP contribution in [0, 0.1) is 0 Å². The Bertz CT molecular complexity index is 430. The lowest BCUT2D eigenvalue weighted by Gasteiger charge is -2.08. The molecule has 0 saturated carbocycles. The van der Waals surface area contributed by atoms with E-state index in [0.29, 0.717) is 6.61 Å². The standard InChI is InChI=1S/C16H16O/c1-17-13-12-16(14-8-4-2-5-9-14)15-10-6-3-7-11-15/h2-12H,13H2,1H3. The van der Waals surface area contributed by atoms with E-state index in [2.05, 4.69) is 54.6 Å². The third-order valence-electron chi connectivity index (χ3n) is 2.62. The summed E-state index contributed by atoms with van der Waals surface area (Å²) in [5, 5.41) is 0. The number of methoxy groups -OCH3 is 1. The summed E-state index contributed by atoms with van der Waals surface area (Å²) >= 11 is 0. The molecule has 0 unspecified atom stereocenters. The topological polar surface area (TPSA) is 9.23 Å². The van der Waals surface area contributed by atoms with Gasteiger partial charge in [-0.1, -0.05) is 66.7 Å². The molecule has 0 saturated heterocycles. The molecular weight excluding hydrogens is 208 g/mol. The van der Waals surface area contributed by atoms with Gasteiger partial charge in [0.05, 0.1) is 6.61 Å². The van der Waals surface area contributed by atoms with Gasteiger partial charge in [0.1, 0.15) is 0 Å². The van der Waals surface area contributed by atoms with Crippen LogP contribution in [0.3, 0.4) is 0 Å². The molecule has 0 bridgehead atoms. The Labute approximate surface area is 102 Å². The molecule has 0 spiro atoms. The molecule has 0 N–H and O–H groups in total. The lowest BCUT2D eigenvalue weighted by atomic mass is 9.98. The molecular formula is C16H16O. The molecule has 86 valence electrons. The summed E-state index contributed by atoms with van der Waals surface area (Å²) in [6, 6.07) is 20.8. The summed E-state index contributed by atoms with van der Waals surface area (Å²) in [7, 11) is 1.71. The Hall–Kier alpha value is -1.86. The Morgan fingerprint density at radius 3 is 1.76 bits per heavy atom. The van der Waals surface area contributed by atoms with Gasteiger partial charge in [-0.25, -0.2) is 0 Å². The van der Waals surface area contributed by atoms with Gasteiger partial charge < -0.3 is 4.74 Å². The average molecular weight is 224 g/mol. The van der Waals surface area contributed by atoms with Crippen molar-refractivity contribution >= 4 is 5.57 Å². The molecule has 0 heterocycles. The van der Waals surface area contributed by atoms with Crippen molar-refractivity contribution in [3.8, 4) is 0 Å². The van der Waals surface area contributed by atoms with Crippen molar-refractivity contribution in [1.82, 2.24) is 0 Å². The van der Waals surface area contributed by atoms with Gasteiger partial charge in [0, 0.05) is 7.11 Å². The molecule has 17 heavy (non-hydrogen) atoms. The van der Waals surface area contributed by atoms with Gasteiger partial charge in [-0.2, -0.15) is 0 Å². The van der Waals surface area contributed by atoms with Crippen LogP contribution in [0.1, 0.15) is 11.1 Å². The van der Waals surface area contributed by atoms with E-state index < -0.39 is 0 Å². The fraction of sp³-hybridized carbons (Fsp3) is 0.125. The van der Waals surface area contributed by atoms with Crippen molar-refractivity contribution in [3.63, 3.8) is 0 Å². The van der Waals surface area contributed by atoms with E-state index in [1.54, 1.807) is 7.11 Å².